The van der Waals surface area contributed by atoms with E-state index in [2.05, 4.69) is 38.6 Å². The summed E-state index contributed by atoms with van der Waals surface area (Å²) in [7, 11) is 2.02. The number of anilines is 1. The number of thiophene rings is 1. The summed E-state index contributed by atoms with van der Waals surface area (Å²) in [5, 5.41) is 5.39. The lowest BCUT2D eigenvalue weighted by atomic mass is 9.90. The highest BCUT2D eigenvalue weighted by Gasteiger charge is 2.34. The van der Waals surface area contributed by atoms with Crippen molar-refractivity contribution in [2.45, 2.75) is 13.3 Å². The van der Waals surface area contributed by atoms with Crippen molar-refractivity contribution < 1.29 is 0 Å². The highest BCUT2D eigenvalue weighted by Crippen LogP contribution is 2.35. The first kappa shape index (κ1) is 11.9. The second-order valence-corrected chi connectivity index (χ2v) is 6.26. The smallest absolute Gasteiger partial charge is 0.150 e. The van der Waals surface area contributed by atoms with Crippen molar-refractivity contribution in [2.75, 3.05) is 31.6 Å². The van der Waals surface area contributed by atoms with Crippen LogP contribution in [0.5, 0.6) is 0 Å². The summed E-state index contributed by atoms with van der Waals surface area (Å²) in [5.41, 5.74) is 1.41. The molecule has 96 valence electrons. The lowest BCUT2D eigenvalue weighted by molar-refractivity contribution is 0.356. The molecule has 2 aromatic heterocycles. The Morgan fingerprint density at radius 2 is 2.39 bits per heavy atom. The lowest BCUT2D eigenvalue weighted by Crippen LogP contribution is -2.33. The Bertz CT molecular complexity index is 553. The van der Waals surface area contributed by atoms with Gasteiger partial charge in [0.05, 0.1) is 10.2 Å². The van der Waals surface area contributed by atoms with Gasteiger partial charge in [-0.15, -0.1) is 11.3 Å². The Balaban J connectivity index is 1.90. The average Bonchev–Trinajstić information content (AvgIpc) is 2.95. The van der Waals surface area contributed by atoms with E-state index in [4.69, 9.17) is 0 Å². The van der Waals surface area contributed by atoms with Crippen LogP contribution in [0.15, 0.2) is 17.8 Å². The van der Waals surface area contributed by atoms with Gasteiger partial charge in [0, 0.05) is 19.6 Å². The van der Waals surface area contributed by atoms with Crippen molar-refractivity contribution in [3.63, 3.8) is 0 Å². The van der Waals surface area contributed by atoms with Gasteiger partial charge in [-0.05, 0) is 30.3 Å². The van der Waals surface area contributed by atoms with Crippen molar-refractivity contribution in [2.24, 2.45) is 5.41 Å². The van der Waals surface area contributed by atoms with E-state index in [1.54, 1.807) is 17.7 Å². The first-order chi connectivity index (χ1) is 8.72. The van der Waals surface area contributed by atoms with Crippen LogP contribution in [0.4, 0.5) is 5.82 Å². The Kier molecular flexibility index (Phi) is 2.95. The second-order valence-electron chi connectivity index (χ2n) is 5.34. The van der Waals surface area contributed by atoms with Crippen LogP contribution in [0.1, 0.15) is 13.3 Å². The van der Waals surface area contributed by atoms with Gasteiger partial charge in [0.2, 0.25) is 0 Å². The van der Waals surface area contributed by atoms with E-state index >= 15 is 0 Å². The molecule has 1 atom stereocenters. The van der Waals surface area contributed by atoms with Gasteiger partial charge in [-0.25, -0.2) is 9.97 Å². The zero-order chi connectivity index (χ0) is 12.6. The van der Waals surface area contributed by atoms with Crippen LogP contribution in [0.2, 0.25) is 0 Å². The second kappa shape index (κ2) is 4.48. The fraction of sp³-hybridized carbons (Fsp3) is 0.538. The van der Waals surface area contributed by atoms with Crippen LogP contribution in [0.25, 0.3) is 10.2 Å². The van der Waals surface area contributed by atoms with Gasteiger partial charge < -0.3 is 10.2 Å². The van der Waals surface area contributed by atoms with Gasteiger partial charge in [0.25, 0.3) is 0 Å². The van der Waals surface area contributed by atoms with Gasteiger partial charge in [-0.1, -0.05) is 6.92 Å². The third-order valence-corrected chi connectivity index (χ3v) is 4.58. The Hall–Kier alpha value is -1.20. The molecule has 1 saturated heterocycles. The summed E-state index contributed by atoms with van der Waals surface area (Å²) in [6.45, 7) is 5.55. The van der Waals surface area contributed by atoms with Crippen LogP contribution in [-0.2, 0) is 0 Å². The maximum Gasteiger partial charge on any atom is 0.150 e. The molecule has 0 aliphatic carbocycles. The normalized spacial score (nSPS) is 24.0. The van der Waals surface area contributed by atoms with E-state index in [9.17, 15) is 0 Å². The number of hydrogen-bond donors (Lipinski definition) is 1. The molecule has 3 heterocycles. The molecule has 18 heavy (non-hydrogen) atoms. The standard InChI is InChI=1S/C13H18N4S/c1-13(7-14-2)4-5-17(8-13)12-11-10(3-6-18-11)15-9-16-12/h3,6,9,14H,4-5,7-8H2,1-2H3. The SMILES string of the molecule is CNCC1(C)CCN(c2ncnc3ccsc23)C1. The maximum atomic E-state index is 4.49. The van der Waals surface area contributed by atoms with Crippen molar-refractivity contribution in [3.8, 4) is 0 Å². The van der Waals surface area contributed by atoms with E-state index in [1.165, 1.54) is 11.1 Å². The first-order valence-electron chi connectivity index (χ1n) is 6.30. The van der Waals surface area contributed by atoms with E-state index < -0.39 is 0 Å². The molecule has 0 spiro atoms. The number of hydrogen-bond acceptors (Lipinski definition) is 5. The maximum absolute atomic E-state index is 4.49. The van der Waals surface area contributed by atoms with Gasteiger partial charge in [-0.2, -0.15) is 0 Å². The summed E-state index contributed by atoms with van der Waals surface area (Å²) < 4.78 is 1.21. The summed E-state index contributed by atoms with van der Waals surface area (Å²) in [5.74, 6) is 1.11. The molecule has 0 aromatic carbocycles. The molecule has 0 bridgehead atoms. The fourth-order valence-corrected chi connectivity index (χ4v) is 3.64. The average molecular weight is 262 g/mol. The quantitative estimate of drug-likeness (QED) is 0.920. The van der Waals surface area contributed by atoms with Crippen molar-refractivity contribution in [1.29, 1.82) is 0 Å². The first-order valence-corrected chi connectivity index (χ1v) is 7.18. The molecule has 2 aromatic rings. The molecule has 1 aliphatic rings. The third kappa shape index (κ3) is 1.97. The molecule has 5 heteroatoms. The van der Waals surface area contributed by atoms with Crippen LogP contribution >= 0.6 is 11.3 Å². The highest BCUT2D eigenvalue weighted by molar-refractivity contribution is 7.17. The Morgan fingerprint density at radius 3 is 3.22 bits per heavy atom. The van der Waals surface area contributed by atoms with Gasteiger partial charge in [0.15, 0.2) is 0 Å². The monoisotopic (exact) mass is 262 g/mol. The third-order valence-electron chi connectivity index (χ3n) is 3.69. The molecule has 1 N–H and O–H groups in total. The number of aromatic nitrogens is 2. The largest absolute Gasteiger partial charge is 0.355 e. The predicted octanol–water partition coefficient (Wildman–Crippen LogP) is 2.13. The number of nitrogens with zero attached hydrogens (tertiary/aromatic N) is 3. The summed E-state index contributed by atoms with van der Waals surface area (Å²) in [6.07, 6.45) is 2.89. The Labute approximate surface area is 111 Å². The summed E-state index contributed by atoms with van der Waals surface area (Å²) >= 11 is 1.73. The minimum atomic E-state index is 0.350. The van der Waals surface area contributed by atoms with Gasteiger partial charge in [0.1, 0.15) is 12.1 Å². The highest BCUT2D eigenvalue weighted by atomic mass is 32.1. The van der Waals surface area contributed by atoms with Crippen LogP contribution < -0.4 is 10.2 Å². The zero-order valence-electron chi connectivity index (χ0n) is 10.8. The summed E-state index contributed by atoms with van der Waals surface area (Å²) in [4.78, 5) is 11.2. The zero-order valence-corrected chi connectivity index (χ0v) is 11.6. The number of rotatable bonds is 3. The van der Waals surface area contributed by atoms with Crippen LogP contribution in [-0.4, -0.2) is 36.6 Å². The molecule has 1 unspecified atom stereocenters. The van der Waals surface area contributed by atoms with E-state index in [1.807, 2.05) is 7.05 Å². The minimum absolute atomic E-state index is 0.350. The molecular formula is C13H18N4S. The topological polar surface area (TPSA) is 41.0 Å². The molecule has 0 radical (unpaired) electrons. The van der Waals surface area contributed by atoms with Crippen molar-refractivity contribution in [3.05, 3.63) is 17.8 Å². The molecule has 3 rings (SSSR count). The van der Waals surface area contributed by atoms with Crippen molar-refractivity contribution >= 4 is 27.4 Å². The van der Waals surface area contributed by atoms with Crippen molar-refractivity contribution in [1.82, 2.24) is 15.3 Å². The molecule has 1 aliphatic heterocycles. The van der Waals surface area contributed by atoms with Crippen LogP contribution in [0.3, 0.4) is 0 Å². The fourth-order valence-electron chi connectivity index (χ4n) is 2.78. The Morgan fingerprint density at radius 1 is 1.50 bits per heavy atom. The molecule has 0 amide bonds. The van der Waals surface area contributed by atoms with Gasteiger partial charge in [-0.3, -0.25) is 0 Å². The molecule has 4 nitrogen and oxygen atoms in total. The predicted molar refractivity (Wildman–Crippen MR) is 76.3 cm³/mol. The van der Waals surface area contributed by atoms with E-state index in [0.717, 1.165) is 31.0 Å². The molecule has 1 fully saturated rings. The minimum Gasteiger partial charge on any atom is -0.355 e. The van der Waals surface area contributed by atoms with E-state index in [-0.39, 0.29) is 0 Å². The lowest BCUT2D eigenvalue weighted by Gasteiger charge is -2.24. The van der Waals surface area contributed by atoms with Gasteiger partial charge >= 0.3 is 0 Å². The number of fused-ring (bicyclic) bond motifs is 1. The summed E-state index contributed by atoms with van der Waals surface area (Å²) in [6, 6.07) is 2.06. The van der Waals surface area contributed by atoms with E-state index in [0.29, 0.717) is 5.41 Å². The van der Waals surface area contributed by atoms with Crippen LogP contribution in [0, 0.1) is 5.41 Å². The molecule has 0 saturated carbocycles. The number of nitrogens with one attached hydrogen (secondary N) is 1. The molecular weight excluding hydrogens is 244 g/mol.